The Balaban J connectivity index is 2.16. The van der Waals surface area contributed by atoms with Gasteiger partial charge in [-0.1, -0.05) is 0 Å². The van der Waals surface area contributed by atoms with Crippen LogP contribution in [0.15, 0.2) is 16.5 Å². The van der Waals surface area contributed by atoms with Gasteiger partial charge in [-0.15, -0.1) is 0 Å². The quantitative estimate of drug-likeness (QED) is 0.534. The van der Waals surface area contributed by atoms with Gasteiger partial charge in [-0.25, -0.2) is 9.59 Å². The Bertz CT molecular complexity index is 1060. The predicted molar refractivity (Wildman–Crippen MR) is 126 cm³/mol. The number of hydrogen-bond donors (Lipinski definition) is 1. The minimum Gasteiger partial charge on any atom is -0.465 e. The molecule has 2 aromatic rings. The van der Waals surface area contributed by atoms with Gasteiger partial charge in [0.25, 0.3) is 0 Å². The predicted octanol–water partition coefficient (Wildman–Crippen LogP) is 4.41. The van der Waals surface area contributed by atoms with E-state index >= 15 is 0 Å². The molecule has 1 atom stereocenters. The lowest BCUT2D eigenvalue weighted by molar-refractivity contribution is 0.00578. The van der Waals surface area contributed by atoms with Crippen molar-refractivity contribution in [1.29, 1.82) is 0 Å². The molecule has 33 heavy (non-hydrogen) atoms. The summed E-state index contributed by atoms with van der Waals surface area (Å²) < 4.78 is 29.2. The van der Waals surface area contributed by atoms with Crippen molar-refractivity contribution in [2.24, 2.45) is 0 Å². The van der Waals surface area contributed by atoms with Gasteiger partial charge in [0.05, 0.1) is 24.4 Å². The molecule has 1 amide bonds. The molecule has 0 radical (unpaired) electrons. The van der Waals surface area contributed by atoms with Crippen LogP contribution in [0, 0.1) is 6.92 Å². The largest absolute Gasteiger partial charge is 0.499 e. The maximum Gasteiger partial charge on any atom is 0.499 e. The summed E-state index contributed by atoms with van der Waals surface area (Å²) in [5, 5.41) is 3.48. The van der Waals surface area contributed by atoms with E-state index in [2.05, 4.69) is 5.32 Å². The van der Waals surface area contributed by atoms with Gasteiger partial charge in [0, 0.05) is 10.8 Å². The van der Waals surface area contributed by atoms with Crippen LogP contribution < -0.4 is 10.8 Å². The first-order chi connectivity index (χ1) is 15.1. The maximum absolute atomic E-state index is 12.5. The molecule has 1 unspecified atom stereocenters. The number of methoxy groups -OCH3 is 1. The smallest absolute Gasteiger partial charge is 0.465 e. The number of benzene rings is 1. The van der Waals surface area contributed by atoms with Crippen LogP contribution in [0.3, 0.4) is 0 Å². The number of alkyl carbamates (subject to hydrolysis) is 1. The van der Waals surface area contributed by atoms with Crippen molar-refractivity contribution in [1.82, 2.24) is 5.32 Å². The minimum atomic E-state index is -0.763. The van der Waals surface area contributed by atoms with E-state index in [1.54, 1.807) is 33.8 Å². The molecule has 0 spiro atoms. The molecule has 1 aromatic carbocycles. The average molecular weight is 459 g/mol. The second-order valence-corrected chi connectivity index (χ2v) is 10.5. The zero-order chi connectivity index (χ0) is 24.9. The summed E-state index contributed by atoms with van der Waals surface area (Å²) in [6, 6.07) is 3.03. The molecule has 1 N–H and O–H groups in total. The van der Waals surface area contributed by atoms with Gasteiger partial charge in [-0.2, -0.15) is 0 Å². The fourth-order valence-electron chi connectivity index (χ4n) is 3.72. The Labute approximate surface area is 195 Å². The number of fused-ring (bicyclic) bond motifs is 1. The molecule has 1 aromatic heterocycles. The second kappa shape index (κ2) is 8.36. The third-order valence-corrected chi connectivity index (χ3v) is 6.02. The Morgan fingerprint density at radius 1 is 1.09 bits per heavy atom. The molecule has 1 saturated heterocycles. The van der Waals surface area contributed by atoms with Crippen LogP contribution in [0.2, 0.25) is 0 Å². The standard InChI is InChI=1S/C24H34BNO7/c1-13-11-15-17(25-32-23(6,7)24(8,9)33-25)18(14(2)26-21(28)31-22(3,4)5)30-19(15)16(12-13)20(27)29-10/h11-12,14H,1-10H3,(H,26,28). The topological polar surface area (TPSA) is 96.2 Å². The summed E-state index contributed by atoms with van der Waals surface area (Å²) in [6.45, 7) is 16.9. The van der Waals surface area contributed by atoms with E-state index in [1.807, 2.05) is 40.7 Å². The lowest BCUT2D eigenvalue weighted by Gasteiger charge is -2.32. The van der Waals surface area contributed by atoms with Gasteiger partial charge < -0.3 is 28.5 Å². The number of furan rings is 1. The number of carbonyl (C=O) groups is 2. The molecule has 9 heteroatoms. The Kier molecular flexibility index (Phi) is 6.36. The molecular weight excluding hydrogens is 425 g/mol. The van der Waals surface area contributed by atoms with Crippen molar-refractivity contribution in [3.05, 3.63) is 29.0 Å². The Hall–Kier alpha value is -2.52. The summed E-state index contributed by atoms with van der Waals surface area (Å²) in [5.41, 5.74) is 0.291. The third kappa shape index (κ3) is 4.89. The van der Waals surface area contributed by atoms with Crippen molar-refractivity contribution in [2.45, 2.75) is 85.2 Å². The van der Waals surface area contributed by atoms with Gasteiger partial charge in [0.1, 0.15) is 22.5 Å². The second-order valence-electron chi connectivity index (χ2n) is 10.5. The zero-order valence-electron chi connectivity index (χ0n) is 21.2. The van der Waals surface area contributed by atoms with Crippen LogP contribution >= 0.6 is 0 Å². The highest BCUT2D eigenvalue weighted by atomic mass is 16.7. The normalized spacial score (nSPS) is 18.3. The van der Waals surface area contributed by atoms with Crippen molar-refractivity contribution < 1.29 is 32.8 Å². The number of nitrogens with one attached hydrogen (secondary N) is 1. The first-order valence-corrected chi connectivity index (χ1v) is 11.1. The van der Waals surface area contributed by atoms with Crippen molar-refractivity contribution in [2.75, 3.05) is 7.11 Å². The first kappa shape index (κ1) is 25.1. The highest BCUT2D eigenvalue weighted by Gasteiger charge is 2.53. The summed E-state index contributed by atoms with van der Waals surface area (Å²) in [5.74, 6) is -0.0951. The lowest BCUT2D eigenvalue weighted by Crippen LogP contribution is -2.41. The van der Waals surface area contributed by atoms with Crippen molar-refractivity contribution in [3.63, 3.8) is 0 Å². The molecule has 1 aliphatic rings. The van der Waals surface area contributed by atoms with E-state index in [9.17, 15) is 9.59 Å². The van der Waals surface area contributed by atoms with Crippen molar-refractivity contribution >= 4 is 35.6 Å². The highest BCUT2D eigenvalue weighted by molar-refractivity contribution is 6.65. The fourth-order valence-corrected chi connectivity index (χ4v) is 3.72. The molecule has 3 rings (SSSR count). The van der Waals surface area contributed by atoms with E-state index in [-0.39, 0.29) is 0 Å². The third-order valence-electron chi connectivity index (χ3n) is 6.02. The van der Waals surface area contributed by atoms with Crippen LogP contribution in [-0.4, -0.2) is 43.1 Å². The summed E-state index contributed by atoms with van der Waals surface area (Å²) in [7, 11) is 0.559. The summed E-state index contributed by atoms with van der Waals surface area (Å²) in [4.78, 5) is 25.0. The molecule has 0 saturated carbocycles. The van der Waals surface area contributed by atoms with Gasteiger partial charge >= 0.3 is 19.2 Å². The van der Waals surface area contributed by atoms with Gasteiger partial charge in [-0.05, 0) is 80.0 Å². The highest BCUT2D eigenvalue weighted by Crippen LogP contribution is 2.39. The van der Waals surface area contributed by atoms with E-state index in [4.69, 9.17) is 23.2 Å². The molecule has 2 heterocycles. The van der Waals surface area contributed by atoms with E-state index in [0.29, 0.717) is 27.8 Å². The number of hydrogen-bond acceptors (Lipinski definition) is 7. The zero-order valence-corrected chi connectivity index (χ0v) is 21.2. The molecule has 0 aliphatic carbocycles. The summed E-state index contributed by atoms with van der Waals surface area (Å²) >= 11 is 0. The Morgan fingerprint density at radius 3 is 2.18 bits per heavy atom. The average Bonchev–Trinajstić information content (AvgIpc) is 3.12. The fraction of sp³-hybridized carbons (Fsp3) is 0.583. The van der Waals surface area contributed by atoms with Crippen LogP contribution in [0.5, 0.6) is 0 Å². The van der Waals surface area contributed by atoms with E-state index in [1.165, 1.54) is 7.11 Å². The number of carbonyl (C=O) groups excluding carboxylic acids is 2. The Morgan fingerprint density at radius 2 is 1.67 bits per heavy atom. The van der Waals surface area contributed by atoms with Gasteiger partial charge in [-0.3, -0.25) is 0 Å². The monoisotopic (exact) mass is 459 g/mol. The van der Waals surface area contributed by atoms with Crippen LogP contribution in [0.1, 0.15) is 83.1 Å². The minimum absolute atomic E-state index is 0.293. The van der Waals surface area contributed by atoms with Gasteiger partial charge in [0.15, 0.2) is 0 Å². The summed E-state index contributed by atoms with van der Waals surface area (Å²) in [6.07, 6.45) is -0.584. The SMILES string of the molecule is COC(=O)c1cc(C)cc2c(B3OC(C)(C)C(C)(C)O3)c(C(C)NC(=O)OC(C)(C)C)oc12. The number of amides is 1. The van der Waals surface area contributed by atoms with Crippen LogP contribution in [0.4, 0.5) is 4.79 Å². The van der Waals surface area contributed by atoms with Crippen molar-refractivity contribution in [3.8, 4) is 0 Å². The van der Waals surface area contributed by atoms with Crippen LogP contribution in [0.25, 0.3) is 11.0 Å². The number of ether oxygens (including phenoxy) is 2. The molecule has 180 valence electrons. The maximum atomic E-state index is 12.5. The molecule has 1 fully saturated rings. The molecule has 1 aliphatic heterocycles. The van der Waals surface area contributed by atoms with Gasteiger partial charge in [0.2, 0.25) is 0 Å². The number of esters is 1. The van der Waals surface area contributed by atoms with E-state index < -0.39 is 42.0 Å². The molecular formula is C24H34BNO7. The van der Waals surface area contributed by atoms with E-state index in [0.717, 1.165) is 5.56 Å². The number of rotatable bonds is 4. The lowest BCUT2D eigenvalue weighted by atomic mass is 9.75. The molecule has 8 nitrogen and oxygen atoms in total. The van der Waals surface area contributed by atoms with Crippen LogP contribution in [-0.2, 0) is 18.8 Å². The molecule has 0 bridgehead atoms. The number of aryl methyl sites for hydroxylation is 1. The first-order valence-electron chi connectivity index (χ1n) is 11.1.